The first kappa shape index (κ1) is 25.5. The van der Waals surface area contributed by atoms with E-state index in [4.69, 9.17) is 9.47 Å². The van der Waals surface area contributed by atoms with Crippen molar-refractivity contribution in [2.45, 2.75) is 31.5 Å². The molecule has 192 valence electrons. The number of halogens is 2. The minimum atomic E-state index is -1.23. The molecule has 1 aromatic heterocycles. The number of rotatable bonds is 9. The number of carbonyl (C=O) groups is 2. The van der Waals surface area contributed by atoms with Crippen molar-refractivity contribution < 1.29 is 37.7 Å². The normalized spacial score (nSPS) is 17.9. The molecule has 0 radical (unpaired) electrons. The number of carbonyl (C=O) groups excluding carboxylic acids is 2. The SMILES string of the molecule is COC(=O)c1ccc(NC(O)C(CC2CCOCC2)N2CC(Oc3c(F)cccc3F)=CC2=O)nc1. The van der Waals surface area contributed by atoms with Crippen LogP contribution in [0.25, 0.3) is 0 Å². The fraction of sp³-hybridized carbons (Fsp3) is 0.400. The van der Waals surface area contributed by atoms with Gasteiger partial charge in [-0.15, -0.1) is 0 Å². The average molecular weight is 504 g/mol. The highest BCUT2D eigenvalue weighted by Crippen LogP contribution is 2.30. The van der Waals surface area contributed by atoms with Gasteiger partial charge in [-0.1, -0.05) is 6.07 Å². The van der Waals surface area contributed by atoms with Gasteiger partial charge < -0.3 is 29.5 Å². The van der Waals surface area contributed by atoms with Gasteiger partial charge >= 0.3 is 5.97 Å². The number of esters is 1. The van der Waals surface area contributed by atoms with Crippen LogP contribution in [0.2, 0.25) is 0 Å². The number of aromatic nitrogens is 1. The molecule has 1 saturated heterocycles. The van der Waals surface area contributed by atoms with Crippen molar-refractivity contribution in [2.24, 2.45) is 5.92 Å². The Morgan fingerprint density at radius 1 is 1.25 bits per heavy atom. The van der Waals surface area contributed by atoms with Gasteiger partial charge in [0.15, 0.2) is 17.4 Å². The molecule has 3 heterocycles. The average Bonchev–Trinajstić information content (AvgIpc) is 3.25. The van der Waals surface area contributed by atoms with Crippen molar-refractivity contribution in [1.29, 1.82) is 0 Å². The number of aliphatic hydroxyl groups is 1. The Kier molecular flexibility index (Phi) is 8.11. The third-order valence-corrected chi connectivity index (χ3v) is 6.21. The van der Waals surface area contributed by atoms with Gasteiger partial charge in [-0.25, -0.2) is 18.6 Å². The molecule has 2 aromatic rings. The Morgan fingerprint density at radius 3 is 2.61 bits per heavy atom. The maximum Gasteiger partial charge on any atom is 0.339 e. The topological polar surface area (TPSA) is 110 Å². The van der Waals surface area contributed by atoms with E-state index in [-0.39, 0.29) is 29.6 Å². The number of methoxy groups -OCH3 is 1. The molecule has 2 atom stereocenters. The molecule has 1 amide bonds. The van der Waals surface area contributed by atoms with Gasteiger partial charge in [0.1, 0.15) is 17.8 Å². The molecule has 2 aliphatic heterocycles. The molecular formula is C25H27F2N3O6. The second kappa shape index (κ2) is 11.4. The number of benzene rings is 1. The van der Waals surface area contributed by atoms with Gasteiger partial charge in [-0.3, -0.25) is 4.79 Å². The molecule has 0 spiro atoms. The molecular weight excluding hydrogens is 476 g/mol. The third-order valence-electron chi connectivity index (χ3n) is 6.21. The number of nitrogens with one attached hydrogen (secondary N) is 1. The summed E-state index contributed by atoms with van der Waals surface area (Å²) < 4.78 is 43.6. The zero-order chi connectivity index (χ0) is 25.7. The summed E-state index contributed by atoms with van der Waals surface area (Å²) in [5, 5.41) is 14.0. The van der Waals surface area contributed by atoms with Crippen LogP contribution in [0.5, 0.6) is 5.75 Å². The fourth-order valence-electron chi connectivity index (χ4n) is 4.28. The van der Waals surface area contributed by atoms with Crippen LogP contribution >= 0.6 is 0 Å². The highest BCUT2D eigenvalue weighted by Gasteiger charge is 2.36. The number of pyridine rings is 1. The largest absolute Gasteiger partial charge is 0.465 e. The predicted molar refractivity (Wildman–Crippen MR) is 124 cm³/mol. The Balaban J connectivity index is 1.50. The maximum atomic E-state index is 14.0. The lowest BCUT2D eigenvalue weighted by Gasteiger charge is -2.36. The molecule has 0 aliphatic carbocycles. The summed E-state index contributed by atoms with van der Waals surface area (Å²) in [6.07, 6.45) is 3.25. The zero-order valence-electron chi connectivity index (χ0n) is 19.7. The van der Waals surface area contributed by atoms with Gasteiger partial charge in [0, 0.05) is 25.5 Å². The van der Waals surface area contributed by atoms with Crippen LogP contribution in [0, 0.1) is 17.6 Å². The van der Waals surface area contributed by atoms with Crippen LogP contribution in [-0.4, -0.2) is 66.0 Å². The van der Waals surface area contributed by atoms with Crippen LogP contribution < -0.4 is 10.1 Å². The van der Waals surface area contributed by atoms with Crippen LogP contribution in [0.3, 0.4) is 0 Å². The molecule has 1 aromatic carbocycles. The van der Waals surface area contributed by atoms with Crippen molar-refractivity contribution >= 4 is 17.7 Å². The van der Waals surface area contributed by atoms with Crippen LogP contribution in [0.4, 0.5) is 14.6 Å². The Morgan fingerprint density at radius 2 is 1.97 bits per heavy atom. The minimum absolute atomic E-state index is 0.0636. The van der Waals surface area contributed by atoms with Crippen LogP contribution in [0.15, 0.2) is 48.4 Å². The molecule has 0 bridgehead atoms. The molecule has 1 fully saturated rings. The smallest absolute Gasteiger partial charge is 0.339 e. The van der Waals surface area contributed by atoms with Crippen molar-refractivity contribution in [3.63, 3.8) is 0 Å². The lowest BCUT2D eigenvalue weighted by atomic mass is 9.91. The van der Waals surface area contributed by atoms with Crippen molar-refractivity contribution in [3.8, 4) is 5.75 Å². The second-order valence-electron chi connectivity index (χ2n) is 8.60. The van der Waals surface area contributed by atoms with Crippen LogP contribution in [0.1, 0.15) is 29.6 Å². The van der Waals surface area contributed by atoms with E-state index >= 15 is 0 Å². The van der Waals surface area contributed by atoms with Crippen molar-refractivity contribution in [2.75, 3.05) is 32.2 Å². The maximum absolute atomic E-state index is 14.0. The second-order valence-corrected chi connectivity index (χ2v) is 8.60. The van der Waals surface area contributed by atoms with Gasteiger partial charge in [0.2, 0.25) is 0 Å². The minimum Gasteiger partial charge on any atom is -0.465 e. The van der Waals surface area contributed by atoms with Crippen molar-refractivity contribution in [3.05, 3.63) is 65.6 Å². The lowest BCUT2D eigenvalue weighted by molar-refractivity contribution is -0.129. The summed E-state index contributed by atoms with van der Waals surface area (Å²) in [5.41, 5.74) is 0.248. The summed E-state index contributed by atoms with van der Waals surface area (Å²) in [4.78, 5) is 30.1. The number of hydrogen-bond acceptors (Lipinski definition) is 8. The van der Waals surface area contributed by atoms with E-state index < -0.39 is 41.5 Å². The Bertz CT molecular complexity index is 1100. The number of para-hydroxylation sites is 1. The molecule has 0 saturated carbocycles. The fourth-order valence-corrected chi connectivity index (χ4v) is 4.28. The molecule has 4 rings (SSSR count). The van der Waals surface area contributed by atoms with E-state index in [2.05, 4.69) is 15.0 Å². The summed E-state index contributed by atoms with van der Waals surface area (Å²) >= 11 is 0. The number of amides is 1. The van der Waals surface area contributed by atoms with E-state index in [0.717, 1.165) is 25.0 Å². The quantitative estimate of drug-likeness (QED) is 0.397. The van der Waals surface area contributed by atoms with Gasteiger partial charge in [0.25, 0.3) is 5.91 Å². The zero-order valence-corrected chi connectivity index (χ0v) is 19.7. The monoisotopic (exact) mass is 503 g/mol. The number of aliphatic hydroxyl groups excluding tert-OH is 1. The standard InChI is InChI=1S/C25H27F2N3O6/c1-34-25(33)16-5-6-21(28-13-16)29-24(32)20(11-15-7-9-35-10-8-15)30-14-17(12-22(30)31)36-23-18(26)3-2-4-19(23)27/h2-6,12-13,15,20,24,32H,7-11,14H2,1H3,(H,28,29). The number of hydrogen-bond donors (Lipinski definition) is 2. The predicted octanol–water partition coefficient (Wildman–Crippen LogP) is 2.87. The Labute approximate surface area is 206 Å². The lowest BCUT2D eigenvalue weighted by Crippen LogP contribution is -2.49. The van der Waals surface area contributed by atoms with E-state index in [0.29, 0.717) is 19.6 Å². The summed E-state index contributed by atoms with van der Waals surface area (Å²) in [5.74, 6) is -2.81. The van der Waals surface area contributed by atoms with Crippen LogP contribution in [-0.2, 0) is 14.3 Å². The molecule has 2 unspecified atom stereocenters. The molecule has 36 heavy (non-hydrogen) atoms. The third kappa shape index (κ3) is 5.97. The molecule has 2 aliphatic rings. The van der Waals surface area contributed by atoms with E-state index in [1.165, 1.54) is 42.5 Å². The first-order valence-electron chi connectivity index (χ1n) is 11.6. The first-order chi connectivity index (χ1) is 17.4. The summed E-state index contributed by atoms with van der Waals surface area (Å²) in [6, 6.07) is 5.65. The van der Waals surface area contributed by atoms with Gasteiger partial charge in [-0.2, -0.15) is 0 Å². The molecule has 11 heteroatoms. The Hall–Kier alpha value is -3.57. The highest BCUT2D eigenvalue weighted by atomic mass is 19.1. The van der Waals surface area contributed by atoms with Gasteiger partial charge in [-0.05, 0) is 49.4 Å². The first-order valence-corrected chi connectivity index (χ1v) is 11.6. The van der Waals surface area contributed by atoms with E-state index in [1.807, 2.05) is 0 Å². The number of anilines is 1. The molecule has 2 N–H and O–H groups in total. The van der Waals surface area contributed by atoms with E-state index in [1.54, 1.807) is 0 Å². The number of nitrogens with zero attached hydrogens (tertiary/aromatic N) is 2. The summed E-state index contributed by atoms with van der Waals surface area (Å²) in [6.45, 7) is 1.10. The van der Waals surface area contributed by atoms with Gasteiger partial charge in [0.05, 0.1) is 25.3 Å². The highest BCUT2D eigenvalue weighted by molar-refractivity contribution is 5.91. The summed E-state index contributed by atoms with van der Waals surface area (Å²) in [7, 11) is 1.26. The van der Waals surface area contributed by atoms with E-state index in [9.17, 15) is 23.5 Å². The molecule has 9 nitrogen and oxygen atoms in total. The number of ether oxygens (including phenoxy) is 3. The van der Waals surface area contributed by atoms with Crippen molar-refractivity contribution in [1.82, 2.24) is 9.88 Å².